The molecule has 1 unspecified atom stereocenters. The first kappa shape index (κ1) is 11.7. The van der Waals surface area contributed by atoms with Gasteiger partial charge >= 0.3 is 0 Å². The number of amides is 1. The molecule has 2 aliphatic rings. The minimum atomic E-state index is 0.0891. The van der Waals surface area contributed by atoms with Crippen molar-refractivity contribution in [1.82, 2.24) is 10.2 Å². The van der Waals surface area contributed by atoms with Crippen LogP contribution in [0.15, 0.2) is 24.3 Å². The predicted molar refractivity (Wildman–Crippen MR) is 71.1 cm³/mol. The van der Waals surface area contributed by atoms with Gasteiger partial charge < -0.3 is 4.90 Å². The van der Waals surface area contributed by atoms with Gasteiger partial charge in [-0.3, -0.25) is 10.1 Å². The third-order valence-corrected chi connectivity index (χ3v) is 3.87. The van der Waals surface area contributed by atoms with E-state index in [1.54, 1.807) is 0 Å². The Morgan fingerprint density at radius 2 is 1.89 bits per heavy atom. The van der Waals surface area contributed by atoms with Crippen LogP contribution in [0.3, 0.4) is 0 Å². The SMILES string of the molecule is CC(C)c1ccc(C2NCC(=O)N2C2CC2)cc1. The molecule has 3 heteroatoms. The van der Waals surface area contributed by atoms with E-state index in [9.17, 15) is 4.79 Å². The summed E-state index contributed by atoms with van der Waals surface area (Å²) in [6, 6.07) is 9.13. The molecule has 0 bridgehead atoms. The summed E-state index contributed by atoms with van der Waals surface area (Å²) in [5.41, 5.74) is 2.55. The van der Waals surface area contributed by atoms with Gasteiger partial charge in [0.2, 0.25) is 5.91 Å². The fraction of sp³-hybridized carbons (Fsp3) is 0.533. The first-order chi connectivity index (χ1) is 8.66. The molecule has 18 heavy (non-hydrogen) atoms. The van der Waals surface area contributed by atoms with Crippen molar-refractivity contribution in [1.29, 1.82) is 0 Å². The van der Waals surface area contributed by atoms with Gasteiger partial charge in [0.15, 0.2) is 0 Å². The lowest BCUT2D eigenvalue weighted by Crippen LogP contribution is -2.32. The summed E-state index contributed by atoms with van der Waals surface area (Å²) in [6.07, 6.45) is 2.41. The quantitative estimate of drug-likeness (QED) is 0.885. The molecule has 3 nitrogen and oxygen atoms in total. The molecule has 1 saturated carbocycles. The highest BCUT2D eigenvalue weighted by molar-refractivity contribution is 5.81. The predicted octanol–water partition coefficient (Wildman–Crippen LogP) is 2.40. The number of carbonyl (C=O) groups is 1. The lowest BCUT2D eigenvalue weighted by atomic mass is 10.0. The second kappa shape index (κ2) is 4.39. The van der Waals surface area contributed by atoms with E-state index in [4.69, 9.17) is 0 Å². The van der Waals surface area contributed by atoms with Crippen LogP contribution >= 0.6 is 0 Å². The van der Waals surface area contributed by atoms with Crippen molar-refractivity contribution in [3.63, 3.8) is 0 Å². The van der Waals surface area contributed by atoms with E-state index in [0.29, 0.717) is 18.5 Å². The van der Waals surface area contributed by atoms with Crippen molar-refractivity contribution in [2.45, 2.75) is 44.8 Å². The van der Waals surface area contributed by atoms with Gasteiger partial charge in [0.25, 0.3) is 0 Å². The molecule has 1 aliphatic carbocycles. The topological polar surface area (TPSA) is 32.3 Å². The maximum Gasteiger partial charge on any atom is 0.238 e. The minimum absolute atomic E-state index is 0.0891. The van der Waals surface area contributed by atoms with Crippen LogP contribution in [0.2, 0.25) is 0 Å². The van der Waals surface area contributed by atoms with Gasteiger partial charge in [0.1, 0.15) is 6.17 Å². The maximum absolute atomic E-state index is 11.9. The first-order valence-electron chi connectivity index (χ1n) is 6.81. The number of rotatable bonds is 3. The summed E-state index contributed by atoms with van der Waals surface area (Å²) in [5, 5.41) is 3.32. The van der Waals surface area contributed by atoms with Crippen LogP contribution in [-0.4, -0.2) is 23.4 Å². The molecule has 96 valence electrons. The zero-order valence-corrected chi connectivity index (χ0v) is 11.0. The van der Waals surface area contributed by atoms with Crippen molar-refractivity contribution >= 4 is 5.91 Å². The van der Waals surface area contributed by atoms with Crippen LogP contribution in [0.4, 0.5) is 0 Å². The number of hydrogen-bond donors (Lipinski definition) is 1. The Hall–Kier alpha value is -1.35. The molecule has 1 heterocycles. The van der Waals surface area contributed by atoms with Crippen LogP contribution in [0, 0.1) is 0 Å². The molecule has 1 aromatic rings. The molecule has 0 spiro atoms. The number of benzene rings is 1. The van der Waals surface area contributed by atoms with Crippen LogP contribution in [0.25, 0.3) is 0 Å². The van der Waals surface area contributed by atoms with Crippen LogP contribution in [-0.2, 0) is 4.79 Å². The van der Waals surface area contributed by atoms with Crippen molar-refractivity contribution < 1.29 is 4.79 Å². The lowest BCUT2D eigenvalue weighted by Gasteiger charge is -2.24. The van der Waals surface area contributed by atoms with Gasteiger partial charge in [-0.25, -0.2) is 0 Å². The highest BCUT2D eigenvalue weighted by Gasteiger charge is 2.41. The summed E-state index contributed by atoms with van der Waals surface area (Å²) in [4.78, 5) is 13.9. The summed E-state index contributed by atoms with van der Waals surface area (Å²) < 4.78 is 0. The Morgan fingerprint density at radius 3 is 2.44 bits per heavy atom. The molecule has 0 aromatic heterocycles. The Morgan fingerprint density at radius 1 is 1.22 bits per heavy atom. The maximum atomic E-state index is 11.9. The van der Waals surface area contributed by atoms with E-state index in [1.807, 2.05) is 4.90 Å². The number of nitrogens with zero attached hydrogens (tertiary/aromatic N) is 1. The van der Waals surface area contributed by atoms with Gasteiger partial charge in [0.05, 0.1) is 6.54 Å². The summed E-state index contributed by atoms with van der Waals surface area (Å²) >= 11 is 0. The molecule has 1 saturated heterocycles. The molecular formula is C15H20N2O. The highest BCUT2D eigenvalue weighted by atomic mass is 16.2. The molecule has 1 amide bonds. The van der Waals surface area contributed by atoms with Crippen LogP contribution < -0.4 is 5.32 Å². The van der Waals surface area contributed by atoms with Gasteiger partial charge in [-0.1, -0.05) is 38.1 Å². The highest BCUT2D eigenvalue weighted by Crippen LogP contribution is 2.35. The zero-order valence-electron chi connectivity index (χ0n) is 11.0. The largest absolute Gasteiger partial charge is 0.319 e. The third-order valence-electron chi connectivity index (χ3n) is 3.87. The number of nitrogens with one attached hydrogen (secondary N) is 1. The van der Waals surface area contributed by atoms with Gasteiger partial charge in [-0.15, -0.1) is 0 Å². The van der Waals surface area contributed by atoms with E-state index in [1.165, 1.54) is 11.1 Å². The fourth-order valence-electron chi connectivity index (χ4n) is 2.63. The monoisotopic (exact) mass is 244 g/mol. The number of hydrogen-bond acceptors (Lipinski definition) is 2. The Balaban J connectivity index is 1.83. The fourth-order valence-corrected chi connectivity index (χ4v) is 2.63. The third kappa shape index (κ3) is 2.03. The normalized spacial score (nSPS) is 24.1. The number of carbonyl (C=O) groups excluding carboxylic acids is 1. The minimum Gasteiger partial charge on any atom is -0.319 e. The smallest absolute Gasteiger partial charge is 0.238 e. The first-order valence-corrected chi connectivity index (χ1v) is 6.81. The molecule has 1 N–H and O–H groups in total. The Kier molecular flexibility index (Phi) is 2.86. The summed E-state index contributed by atoms with van der Waals surface area (Å²) in [7, 11) is 0. The zero-order chi connectivity index (χ0) is 12.7. The van der Waals surface area contributed by atoms with E-state index in [-0.39, 0.29) is 12.1 Å². The van der Waals surface area contributed by atoms with Crippen molar-refractivity contribution in [3.8, 4) is 0 Å². The summed E-state index contributed by atoms with van der Waals surface area (Å²) in [6.45, 7) is 4.87. The summed E-state index contributed by atoms with van der Waals surface area (Å²) in [5.74, 6) is 0.798. The molecular weight excluding hydrogens is 224 g/mol. The van der Waals surface area contributed by atoms with Gasteiger partial charge in [0, 0.05) is 6.04 Å². The standard InChI is InChI=1S/C15H20N2O/c1-10(2)11-3-5-12(6-4-11)15-16-9-14(18)17(15)13-7-8-13/h3-6,10,13,15-16H,7-9H2,1-2H3. The molecule has 1 aliphatic heterocycles. The second-order valence-corrected chi connectivity index (χ2v) is 5.64. The molecule has 1 atom stereocenters. The Bertz CT molecular complexity index is 448. The van der Waals surface area contributed by atoms with Crippen LogP contribution in [0.1, 0.15) is 49.9 Å². The molecule has 0 radical (unpaired) electrons. The van der Waals surface area contributed by atoms with Gasteiger partial charge in [-0.2, -0.15) is 0 Å². The second-order valence-electron chi connectivity index (χ2n) is 5.64. The average molecular weight is 244 g/mol. The van der Waals surface area contributed by atoms with E-state index >= 15 is 0 Å². The molecule has 1 aromatic carbocycles. The van der Waals surface area contributed by atoms with E-state index < -0.39 is 0 Å². The van der Waals surface area contributed by atoms with Crippen molar-refractivity contribution in [3.05, 3.63) is 35.4 Å². The van der Waals surface area contributed by atoms with E-state index in [0.717, 1.165) is 12.8 Å². The molecule has 3 rings (SSSR count). The molecule has 2 fully saturated rings. The Labute approximate surface area is 108 Å². The van der Waals surface area contributed by atoms with Crippen LogP contribution in [0.5, 0.6) is 0 Å². The average Bonchev–Trinajstić information content (AvgIpc) is 3.13. The van der Waals surface area contributed by atoms with E-state index in [2.05, 4.69) is 43.4 Å². The van der Waals surface area contributed by atoms with Gasteiger partial charge in [-0.05, 0) is 29.9 Å². The van der Waals surface area contributed by atoms with Crippen molar-refractivity contribution in [2.24, 2.45) is 0 Å². The van der Waals surface area contributed by atoms with Crippen molar-refractivity contribution in [2.75, 3.05) is 6.54 Å². The lowest BCUT2D eigenvalue weighted by molar-refractivity contribution is -0.128.